The number of amides is 1. The van der Waals surface area contributed by atoms with Crippen LogP contribution < -0.4 is 5.32 Å². The van der Waals surface area contributed by atoms with Crippen molar-refractivity contribution in [1.29, 1.82) is 5.26 Å². The van der Waals surface area contributed by atoms with Gasteiger partial charge in [0.25, 0.3) is 0 Å². The highest BCUT2D eigenvalue weighted by molar-refractivity contribution is 9.10. The lowest BCUT2D eigenvalue weighted by molar-refractivity contribution is -0.126. The molecule has 3 nitrogen and oxygen atoms in total. The molecule has 0 saturated heterocycles. The summed E-state index contributed by atoms with van der Waals surface area (Å²) in [4.78, 5) is 12.1. The maximum Gasteiger partial charge on any atom is 0.238 e. The van der Waals surface area contributed by atoms with Gasteiger partial charge in [-0.2, -0.15) is 5.26 Å². The maximum absolute atomic E-state index is 12.1. The van der Waals surface area contributed by atoms with Gasteiger partial charge in [0, 0.05) is 4.47 Å². The van der Waals surface area contributed by atoms with Gasteiger partial charge >= 0.3 is 0 Å². The fourth-order valence-electron chi connectivity index (χ4n) is 1.78. The minimum atomic E-state index is -0.648. The third-order valence-corrected chi connectivity index (χ3v) is 3.51. The van der Waals surface area contributed by atoms with Crippen LogP contribution in [0, 0.1) is 22.7 Å². The SMILES string of the molecule is CC(NC(=O)C(C#N)C(C)(C)C)c1ccc(Br)cc1. The molecule has 2 atom stereocenters. The molecular weight excluding hydrogens is 304 g/mol. The first kappa shape index (κ1) is 15.7. The van der Waals surface area contributed by atoms with E-state index in [1.54, 1.807) is 0 Å². The fourth-order valence-corrected chi connectivity index (χ4v) is 2.04. The van der Waals surface area contributed by atoms with Crippen LogP contribution >= 0.6 is 15.9 Å². The van der Waals surface area contributed by atoms with E-state index in [4.69, 9.17) is 5.26 Å². The van der Waals surface area contributed by atoms with Crippen LogP contribution in [0.15, 0.2) is 28.7 Å². The molecule has 0 heterocycles. The van der Waals surface area contributed by atoms with Crippen LogP contribution in [0.1, 0.15) is 39.3 Å². The Kier molecular flexibility index (Phi) is 5.13. The Hall–Kier alpha value is -1.34. The Labute approximate surface area is 123 Å². The number of hydrogen-bond donors (Lipinski definition) is 1. The highest BCUT2D eigenvalue weighted by Crippen LogP contribution is 2.26. The normalized spacial score (nSPS) is 14.3. The molecule has 0 bridgehead atoms. The van der Waals surface area contributed by atoms with Gasteiger partial charge in [0.1, 0.15) is 5.92 Å². The van der Waals surface area contributed by atoms with E-state index in [-0.39, 0.29) is 17.4 Å². The van der Waals surface area contributed by atoms with E-state index in [1.807, 2.05) is 52.0 Å². The van der Waals surface area contributed by atoms with Gasteiger partial charge < -0.3 is 5.32 Å². The van der Waals surface area contributed by atoms with Crippen molar-refractivity contribution in [2.45, 2.75) is 33.7 Å². The summed E-state index contributed by atoms with van der Waals surface area (Å²) in [7, 11) is 0. The number of nitrogens with one attached hydrogen (secondary N) is 1. The fraction of sp³-hybridized carbons (Fsp3) is 0.467. The minimum Gasteiger partial charge on any atom is -0.348 e. The maximum atomic E-state index is 12.1. The highest BCUT2D eigenvalue weighted by Gasteiger charge is 2.31. The van der Waals surface area contributed by atoms with Crippen LogP contribution in [0.5, 0.6) is 0 Å². The number of halogens is 1. The van der Waals surface area contributed by atoms with Crippen molar-refractivity contribution in [1.82, 2.24) is 5.32 Å². The molecule has 2 unspecified atom stereocenters. The van der Waals surface area contributed by atoms with Gasteiger partial charge in [-0.1, -0.05) is 48.8 Å². The van der Waals surface area contributed by atoms with Crippen molar-refractivity contribution in [3.63, 3.8) is 0 Å². The van der Waals surface area contributed by atoms with E-state index >= 15 is 0 Å². The summed E-state index contributed by atoms with van der Waals surface area (Å²) >= 11 is 3.38. The number of hydrogen-bond acceptors (Lipinski definition) is 2. The second-order valence-corrected chi connectivity index (χ2v) is 6.63. The molecule has 1 rings (SSSR count). The smallest absolute Gasteiger partial charge is 0.238 e. The zero-order valence-corrected chi connectivity index (χ0v) is 13.3. The molecule has 0 aliphatic carbocycles. The molecule has 1 amide bonds. The molecular formula is C15H19BrN2O. The summed E-state index contributed by atoms with van der Waals surface area (Å²) in [6, 6.07) is 9.75. The summed E-state index contributed by atoms with van der Waals surface area (Å²) in [6.45, 7) is 7.60. The standard InChI is InChI=1S/C15H19BrN2O/c1-10(11-5-7-12(16)8-6-11)18-14(19)13(9-17)15(2,3)4/h5-8,10,13H,1-4H3,(H,18,19). The van der Waals surface area contributed by atoms with Gasteiger partial charge in [-0.05, 0) is 30.0 Å². The Morgan fingerprint density at radius 1 is 1.32 bits per heavy atom. The molecule has 19 heavy (non-hydrogen) atoms. The Balaban J connectivity index is 2.77. The molecule has 0 aliphatic rings. The number of benzene rings is 1. The molecule has 4 heteroatoms. The van der Waals surface area contributed by atoms with Gasteiger partial charge in [0.2, 0.25) is 5.91 Å². The van der Waals surface area contributed by atoms with Crippen molar-refractivity contribution in [3.8, 4) is 6.07 Å². The lowest BCUT2D eigenvalue weighted by Crippen LogP contribution is -2.38. The van der Waals surface area contributed by atoms with E-state index in [9.17, 15) is 4.79 Å². The van der Waals surface area contributed by atoms with Crippen LogP contribution in [-0.4, -0.2) is 5.91 Å². The minimum absolute atomic E-state index is 0.112. The first-order valence-electron chi connectivity index (χ1n) is 6.21. The van der Waals surface area contributed by atoms with Crippen molar-refractivity contribution in [2.75, 3.05) is 0 Å². The van der Waals surface area contributed by atoms with E-state index in [2.05, 4.69) is 27.3 Å². The summed E-state index contributed by atoms with van der Waals surface area (Å²) in [5, 5.41) is 12.0. The zero-order chi connectivity index (χ0) is 14.6. The third-order valence-electron chi connectivity index (χ3n) is 2.99. The molecule has 0 aromatic heterocycles. The molecule has 0 saturated carbocycles. The van der Waals surface area contributed by atoms with E-state index in [0.717, 1.165) is 10.0 Å². The summed E-state index contributed by atoms with van der Waals surface area (Å²) in [5.74, 6) is -0.865. The van der Waals surface area contributed by atoms with Gasteiger partial charge in [-0.15, -0.1) is 0 Å². The van der Waals surface area contributed by atoms with Crippen LogP contribution in [0.2, 0.25) is 0 Å². The van der Waals surface area contributed by atoms with Crippen LogP contribution in [0.25, 0.3) is 0 Å². The lowest BCUT2D eigenvalue weighted by Gasteiger charge is -2.25. The number of nitriles is 1. The monoisotopic (exact) mass is 322 g/mol. The van der Waals surface area contributed by atoms with Crippen molar-refractivity contribution < 1.29 is 4.79 Å². The molecule has 0 fully saturated rings. The Bertz CT molecular complexity index is 482. The number of rotatable bonds is 3. The van der Waals surface area contributed by atoms with Crippen molar-refractivity contribution in [2.24, 2.45) is 11.3 Å². The number of carbonyl (C=O) groups is 1. The average Bonchev–Trinajstić information content (AvgIpc) is 2.28. The van der Waals surface area contributed by atoms with E-state index in [1.165, 1.54) is 0 Å². The third kappa shape index (κ3) is 4.36. The van der Waals surface area contributed by atoms with Crippen LogP contribution in [0.4, 0.5) is 0 Å². The second-order valence-electron chi connectivity index (χ2n) is 5.71. The van der Waals surface area contributed by atoms with Crippen molar-refractivity contribution >= 4 is 21.8 Å². The first-order chi connectivity index (χ1) is 8.75. The number of carbonyl (C=O) groups excluding carboxylic acids is 1. The van der Waals surface area contributed by atoms with Crippen LogP contribution in [0.3, 0.4) is 0 Å². The van der Waals surface area contributed by atoms with Gasteiger partial charge in [-0.3, -0.25) is 4.79 Å². The molecule has 0 aliphatic heterocycles. The van der Waals surface area contributed by atoms with E-state index in [0.29, 0.717) is 0 Å². The molecule has 1 aromatic rings. The van der Waals surface area contributed by atoms with Gasteiger partial charge in [0.15, 0.2) is 0 Å². The molecule has 1 aromatic carbocycles. The zero-order valence-electron chi connectivity index (χ0n) is 11.7. The number of nitrogens with zero attached hydrogens (tertiary/aromatic N) is 1. The predicted octanol–water partition coefficient (Wildman–Crippen LogP) is 3.81. The second kappa shape index (κ2) is 6.21. The first-order valence-corrected chi connectivity index (χ1v) is 7.00. The lowest BCUT2D eigenvalue weighted by atomic mass is 9.81. The predicted molar refractivity (Wildman–Crippen MR) is 79.3 cm³/mol. The quantitative estimate of drug-likeness (QED) is 0.919. The van der Waals surface area contributed by atoms with Gasteiger partial charge in [-0.25, -0.2) is 0 Å². The summed E-state index contributed by atoms with van der Waals surface area (Å²) < 4.78 is 0.999. The Morgan fingerprint density at radius 2 is 1.84 bits per heavy atom. The van der Waals surface area contributed by atoms with Crippen LogP contribution in [-0.2, 0) is 4.79 Å². The van der Waals surface area contributed by atoms with Gasteiger partial charge in [0.05, 0.1) is 12.1 Å². The van der Waals surface area contributed by atoms with Crippen molar-refractivity contribution in [3.05, 3.63) is 34.3 Å². The van der Waals surface area contributed by atoms with E-state index < -0.39 is 5.92 Å². The largest absolute Gasteiger partial charge is 0.348 e. The molecule has 0 spiro atoms. The summed E-state index contributed by atoms with van der Waals surface area (Å²) in [6.07, 6.45) is 0. The topological polar surface area (TPSA) is 52.9 Å². The average molecular weight is 323 g/mol. The molecule has 102 valence electrons. The summed E-state index contributed by atoms with van der Waals surface area (Å²) in [5.41, 5.74) is 0.653. The molecule has 0 radical (unpaired) electrons. The molecule has 1 N–H and O–H groups in total. The highest BCUT2D eigenvalue weighted by atomic mass is 79.9. The Morgan fingerprint density at radius 3 is 2.26 bits per heavy atom.